The van der Waals surface area contributed by atoms with Crippen molar-refractivity contribution in [2.45, 2.75) is 76.3 Å². The van der Waals surface area contributed by atoms with Crippen molar-refractivity contribution in [3.63, 3.8) is 0 Å². The highest BCUT2D eigenvalue weighted by Crippen LogP contribution is 2.42. The van der Waals surface area contributed by atoms with E-state index < -0.39 is 0 Å². The molecule has 0 bridgehead atoms. The Labute approximate surface area is 175 Å². The number of hydrogen-bond donors (Lipinski definition) is 2. The second-order valence-electron chi connectivity index (χ2n) is 9.09. The van der Waals surface area contributed by atoms with Gasteiger partial charge in [-0.1, -0.05) is 50.1 Å². The van der Waals surface area contributed by atoms with Gasteiger partial charge in [0, 0.05) is 37.5 Å². The number of nitrogens with one attached hydrogen (secondary N) is 1. The number of aliphatic hydroxyl groups excluding tert-OH is 1. The normalized spacial score (nSPS) is 27.7. The molecule has 158 valence electrons. The number of aliphatic hydroxyl groups is 1. The van der Waals surface area contributed by atoms with Crippen molar-refractivity contribution in [1.29, 1.82) is 0 Å². The molecule has 0 spiro atoms. The van der Waals surface area contributed by atoms with Crippen molar-refractivity contribution >= 4 is 11.5 Å². The minimum Gasteiger partial charge on any atom is -0.395 e. The highest BCUT2D eigenvalue weighted by atomic mass is 16.3. The lowest BCUT2D eigenvalue weighted by molar-refractivity contribution is -0.122. The molecule has 1 aromatic rings. The zero-order valence-electron chi connectivity index (χ0n) is 17.8. The van der Waals surface area contributed by atoms with Gasteiger partial charge in [-0.2, -0.15) is 0 Å². The minimum atomic E-state index is 0.112. The Bertz CT molecular complexity index is 721. The van der Waals surface area contributed by atoms with Crippen molar-refractivity contribution in [2.75, 3.05) is 19.7 Å². The molecule has 3 atom stereocenters. The summed E-state index contributed by atoms with van der Waals surface area (Å²) in [7, 11) is 0. The fraction of sp³-hybridized carbons (Fsp3) is 0.640. The van der Waals surface area contributed by atoms with Gasteiger partial charge in [-0.15, -0.1) is 0 Å². The van der Waals surface area contributed by atoms with Crippen LogP contribution in [-0.4, -0.2) is 47.7 Å². The summed E-state index contributed by atoms with van der Waals surface area (Å²) in [5.41, 5.74) is 4.10. The number of hydrogen-bond acceptors (Lipinski definition) is 3. The van der Waals surface area contributed by atoms with E-state index in [4.69, 9.17) is 0 Å². The molecule has 1 saturated carbocycles. The maximum absolute atomic E-state index is 11.9. The first-order valence-corrected chi connectivity index (χ1v) is 11.6. The van der Waals surface area contributed by atoms with Crippen LogP contribution in [0.5, 0.6) is 0 Å². The van der Waals surface area contributed by atoms with Crippen LogP contribution in [0.3, 0.4) is 0 Å². The summed E-state index contributed by atoms with van der Waals surface area (Å²) in [6, 6.07) is 9.45. The van der Waals surface area contributed by atoms with E-state index in [-0.39, 0.29) is 30.5 Å². The van der Waals surface area contributed by atoms with Crippen LogP contribution in [0.1, 0.15) is 75.3 Å². The van der Waals surface area contributed by atoms with E-state index in [9.17, 15) is 9.90 Å². The molecule has 29 heavy (non-hydrogen) atoms. The molecule has 4 heteroatoms. The average Bonchev–Trinajstić information content (AvgIpc) is 3.45. The maximum atomic E-state index is 11.9. The molecule has 1 saturated heterocycles. The predicted octanol–water partition coefficient (Wildman–Crippen LogP) is 4.10. The number of allylic oxidation sites excluding steroid dienone is 2. The second-order valence-corrected chi connectivity index (χ2v) is 9.09. The van der Waals surface area contributed by atoms with E-state index in [2.05, 4.69) is 40.6 Å². The SMILES string of the molecule is CCC(=O)NC[C@H]1[C@@H](c2ccc(C3=CCCC3)cc2)[C@@H](CO)N1CC1CCCC1. The van der Waals surface area contributed by atoms with Crippen molar-refractivity contribution in [1.82, 2.24) is 10.2 Å². The van der Waals surface area contributed by atoms with E-state index >= 15 is 0 Å². The van der Waals surface area contributed by atoms with Gasteiger partial charge in [0.05, 0.1) is 6.61 Å². The number of likely N-dealkylation sites (tertiary alicyclic amines) is 1. The van der Waals surface area contributed by atoms with Crippen LogP contribution in [-0.2, 0) is 4.79 Å². The summed E-state index contributed by atoms with van der Waals surface area (Å²) in [6.45, 7) is 3.81. The van der Waals surface area contributed by atoms with Crippen molar-refractivity contribution < 1.29 is 9.90 Å². The molecule has 4 rings (SSSR count). The van der Waals surface area contributed by atoms with Gasteiger partial charge in [0.1, 0.15) is 0 Å². The maximum Gasteiger partial charge on any atom is 0.219 e. The van der Waals surface area contributed by atoms with Crippen LogP contribution in [0.15, 0.2) is 30.3 Å². The Kier molecular flexibility index (Phi) is 6.71. The molecule has 1 amide bonds. The number of carbonyl (C=O) groups excluding carboxylic acids is 1. The molecule has 2 fully saturated rings. The van der Waals surface area contributed by atoms with E-state index in [0.29, 0.717) is 13.0 Å². The smallest absolute Gasteiger partial charge is 0.219 e. The summed E-state index contributed by atoms with van der Waals surface area (Å²) in [5.74, 6) is 1.14. The molecule has 1 aromatic carbocycles. The van der Waals surface area contributed by atoms with Gasteiger partial charge in [-0.05, 0) is 54.7 Å². The van der Waals surface area contributed by atoms with Gasteiger partial charge in [0.25, 0.3) is 0 Å². The zero-order valence-corrected chi connectivity index (χ0v) is 17.8. The van der Waals surface area contributed by atoms with E-state index in [1.54, 1.807) is 0 Å². The first-order valence-electron chi connectivity index (χ1n) is 11.6. The summed E-state index contributed by atoms with van der Waals surface area (Å²) in [5, 5.41) is 13.3. The summed E-state index contributed by atoms with van der Waals surface area (Å²) < 4.78 is 0. The lowest BCUT2D eigenvalue weighted by Gasteiger charge is -2.56. The van der Waals surface area contributed by atoms with Crippen molar-refractivity contribution in [2.24, 2.45) is 5.92 Å². The van der Waals surface area contributed by atoms with Crippen LogP contribution in [0, 0.1) is 5.92 Å². The van der Waals surface area contributed by atoms with Crippen LogP contribution < -0.4 is 5.32 Å². The van der Waals surface area contributed by atoms with Crippen LogP contribution in [0.25, 0.3) is 5.57 Å². The summed E-state index contributed by atoms with van der Waals surface area (Å²) >= 11 is 0. The third-order valence-electron chi connectivity index (χ3n) is 7.35. The Hall–Kier alpha value is -1.65. The Balaban J connectivity index is 1.51. The molecule has 2 aliphatic carbocycles. The van der Waals surface area contributed by atoms with E-state index in [1.165, 1.54) is 61.6 Å². The molecule has 0 unspecified atom stereocenters. The molecule has 1 heterocycles. The number of benzene rings is 1. The zero-order chi connectivity index (χ0) is 20.2. The molecular formula is C25H36N2O2. The first-order chi connectivity index (χ1) is 14.2. The fourth-order valence-electron chi connectivity index (χ4n) is 5.68. The third kappa shape index (κ3) is 4.44. The molecule has 1 aliphatic heterocycles. The molecule has 4 nitrogen and oxygen atoms in total. The highest BCUT2D eigenvalue weighted by Gasteiger charge is 2.49. The molecular weight excluding hydrogens is 360 g/mol. The summed E-state index contributed by atoms with van der Waals surface area (Å²) in [6.07, 6.45) is 11.8. The molecule has 2 N–H and O–H groups in total. The Morgan fingerprint density at radius 3 is 2.52 bits per heavy atom. The minimum absolute atomic E-state index is 0.112. The summed E-state index contributed by atoms with van der Waals surface area (Å²) in [4.78, 5) is 14.4. The van der Waals surface area contributed by atoms with Gasteiger partial charge in [-0.3, -0.25) is 9.69 Å². The standard InChI is InChI=1S/C25H36N2O2/c1-2-24(29)26-15-22-25(23(17-28)27(22)16-18-7-3-4-8-18)21-13-11-20(12-14-21)19-9-5-6-10-19/h9,11-14,18,22-23,25,28H,2-8,10,15-17H2,1H3,(H,26,29)/t22-,23+,25+/m0/s1. The lowest BCUT2D eigenvalue weighted by Crippen LogP contribution is -2.67. The van der Waals surface area contributed by atoms with Crippen molar-refractivity contribution in [3.05, 3.63) is 41.5 Å². The molecule has 0 radical (unpaired) electrons. The van der Waals surface area contributed by atoms with Gasteiger partial charge >= 0.3 is 0 Å². The van der Waals surface area contributed by atoms with Crippen molar-refractivity contribution in [3.8, 4) is 0 Å². The quantitative estimate of drug-likeness (QED) is 0.696. The van der Waals surface area contributed by atoms with Gasteiger partial charge < -0.3 is 10.4 Å². The number of nitrogens with zero attached hydrogens (tertiary/aromatic N) is 1. The van der Waals surface area contributed by atoms with Gasteiger partial charge in [0.15, 0.2) is 0 Å². The highest BCUT2D eigenvalue weighted by molar-refractivity contribution is 5.75. The topological polar surface area (TPSA) is 52.6 Å². The Morgan fingerprint density at radius 1 is 1.14 bits per heavy atom. The van der Waals surface area contributed by atoms with Crippen LogP contribution in [0.4, 0.5) is 0 Å². The van der Waals surface area contributed by atoms with Gasteiger partial charge in [-0.25, -0.2) is 0 Å². The number of carbonyl (C=O) groups is 1. The van der Waals surface area contributed by atoms with Crippen LogP contribution in [0.2, 0.25) is 0 Å². The number of rotatable bonds is 8. The third-order valence-corrected chi connectivity index (χ3v) is 7.35. The van der Waals surface area contributed by atoms with E-state index in [1.807, 2.05) is 6.92 Å². The average molecular weight is 397 g/mol. The largest absolute Gasteiger partial charge is 0.395 e. The number of amides is 1. The van der Waals surface area contributed by atoms with Gasteiger partial charge in [0.2, 0.25) is 5.91 Å². The molecule has 3 aliphatic rings. The second kappa shape index (κ2) is 9.44. The predicted molar refractivity (Wildman–Crippen MR) is 118 cm³/mol. The first kappa shape index (κ1) is 20.6. The van der Waals surface area contributed by atoms with Crippen LogP contribution >= 0.6 is 0 Å². The fourth-order valence-corrected chi connectivity index (χ4v) is 5.68. The van der Waals surface area contributed by atoms with E-state index in [0.717, 1.165) is 12.5 Å². The molecule has 0 aromatic heterocycles. The lowest BCUT2D eigenvalue weighted by atomic mass is 9.74. The Morgan fingerprint density at radius 2 is 1.90 bits per heavy atom. The monoisotopic (exact) mass is 396 g/mol.